The number of aliphatic imine (C=N–C) groups is 1. The van der Waals surface area contributed by atoms with Crippen molar-refractivity contribution in [2.75, 3.05) is 19.7 Å². The summed E-state index contributed by atoms with van der Waals surface area (Å²) in [5.41, 5.74) is 1.24. The molecule has 2 aromatic rings. The van der Waals surface area contributed by atoms with Gasteiger partial charge in [-0.2, -0.15) is 5.10 Å². The average molecular weight is 399 g/mol. The fourth-order valence-electron chi connectivity index (χ4n) is 3.54. The van der Waals surface area contributed by atoms with E-state index in [1.165, 1.54) is 5.56 Å². The number of aromatic nitrogens is 3. The smallest absolute Gasteiger partial charge is 0.191 e. The highest BCUT2D eigenvalue weighted by atomic mass is 16.5. The lowest BCUT2D eigenvalue weighted by atomic mass is 10.0. The standard InChI is InChI=1S/C22H34N6O/c1-5-20-26-21-12-11-17(15-28(21)27-20)25-22(23-6-2)24-13-14-29-19-10-8-7-9-18(19)16(3)4/h7-10,16-17H,5-6,11-15H2,1-4H3,(H2,23,24,25). The molecule has 1 aliphatic heterocycles. The lowest BCUT2D eigenvalue weighted by Gasteiger charge is -2.25. The van der Waals surface area contributed by atoms with E-state index in [1.54, 1.807) is 0 Å². The Bertz CT molecular complexity index is 813. The number of rotatable bonds is 8. The first-order valence-corrected chi connectivity index (χ1v) is 10.8. The van der Waals surface area contributed by atoms with Gasteiger partial charge in [0.25, 0.3) is 0 Å². The lowest BCUT2D eigenvalue weighted by Crippen LogP contribution is -2.47. The molecule has 0 amide bonds. The fourth-order valence-corrected chi connectivity index (χ4v) is 3.54. The molecule has 3 rings (SSSR count). The molecule has 0 saturated heterocycles. The molecular weight excluding hydrogens is 364 g/mol. The quantitative estimate of drug-likeness (QED) is 0.406. The molecule has 0 spiro atoms. The third-order valence-electron chi connectivity index (χ3n) is 5.06. The molecule has 1 aromatic heterocycles. The molecule has 1 aromatic carbocycles. The molecule has 7 heteroatoms. The molecule has 1 aliphatic rings. The summed E-state index contributed by atoms with van der Waals surface area (Å²) >= 11 is 0. The number of benzene rings is 1. The largest absolute Gasteiger partial charge is 0.491 e. The summed E-state index contributed by atoms with van der Waals surface area (Å²) in [4.78, 5) is 9.29. The van der Waals surface area contributed by atoms with Crippen LogP contribution in [0.25, 0.3) is 0 Å². The van der Waals surface area contributed by atoms with Crippen molar-refractivity contribution in [3.05, 3.63) is 41.5 Å². The van der Waals surface area contributed by atoms with Gasteiger partial charge in [0, 0.05) is 25.4 Å². The van der Waals surface area contributed by atoms with Crippen molar-refractivity contribution in [1.82, 2.24) is 25.4 Å². The first-order chi connectivity index (χ1) is 14.1. The van der Waals surface area contributed by atoms with E-state index in [0.717, 1.165) is 55.7 Å². The maximum atomic E-state index is 5.99. The van der Waals surface area contributed by atoms with Crippen molar-refractivity contribution >= 4 is 5.96 Å². The lowest BCUT2D eigenvalue weighted by molar-refractivity contribution is 0.323. The number of hydrogen-bond donors (Lipinski definition) is 2. The molecule has 0 aliphatic carbocycles. The second kappa shape index (κ2) is 10.3. The Kier molecular flexibility index (Phi) is 7.49. The Morgan fingerprint density at radius 1 is 1.31 bits per heavy atom. The molecule has 2 N–H and O–H groups in total. The predicted octanol–water partition coefficient (Wildman–Crippen LogP) is 2.91. The molecule has 29 heavy (non-hydrogen) atoms. The van der Waals surface area contributed by atoms with Gasteiger partial charge in [-0.15, -0.1) is 0 Å². The molecule has 0 saturated carbocycles. The van der Waals surface area contributed by atoms with Crippen LogP contribution in [0.4, 0.5) is 0 Å². The normalized spacial score (nSPS) is 16.6. The van der Waals surface area contributed by atoms with Gasteiger partial charge in [0.05, 0.1) is 13.1 Å². The van der Waals surface area contributed by atoms with E-state index in [4.69, 9.17) is 9.73 Å². The van der Waals surface area contributed by atoms with Crippen LogP contribution in [0.2, 0.25) is 0 Å². The van der Waals surface area contributed by atoms with Crippen molar-refractivity contribution in [3.8, 4) is 5.75 Å². The van der Waals surface area contributed by atoms with E-state index in [-0.39, 0.29) is 0 Å². The zero-order chi connectivity index (χ0) is 20.6. The number of para-hydroxylation sites is 1. The number of fused-ring (bicyclic) bond motifs is 1. The second-order valence-electron chi connectivity index (χ2n) is 7.66. The number of ether oxygens (including phenoxy) is 1. The van der Waals surface area contributed by atoms with Gasteiger partial charge in [-0.05, 0) is 30.9 Å². The Hall–Kier alpha value is -2.57. The highest BCUT2D eigenvalue weighted by Gasteiger charge is 2.22. The minimum absolute atomic E-state index is 0.300. The second-order valence-corrected chi connectivity index (χ2v) is 7.66. The third kappa shape index (κ3) is 5.71. The highest BCUT2D eigenvalue weighted by Crippen LogP contribution is 2.25. The number of aryl methyl sites for hydroxylation is 2. The minimum Gasteiger partial charge on any atom is -0.491 e. The van der Waals surface area contributed by atoms with Crippen LogP contribution in [0, 0.1) is 0 Å². The van der Waals surface area contributed by atoms with Crippen molar-refractivity contribution in [2.24, 2.45) is 4.99 Å². The molecule has 0 bridgehead atoms. The summed E-state index contributed by atoms with van der Waals surface area (Å²) < 4.78 is 8.03. The van der Waals surface area contributed by atoms with Crippen LogP contribution < -0.4 is 15.4 Å². The number of nitrogens with zero attached hydrogens (tertiary/aromatic N) is 4. The van der Waals surface area contributed by atoms with E-state index >= 15 is 0 Å². The van der Waals surface area contributed by atoms with Gasteiger partial charge in [-0.3, -0.25) is 0 Å². The van der Waals surface area contributed by atoms with Gasteiger partial charge >= 0.3 is 0 Å². The van der Waals surface area contributed by atoms with Gasteiger partial charge < -0.3 is 15.4 Å². The van der Waals surface area contributed by atoms with Crippen molar-refractivity contribution in [1.29, 1.82) is 0 Å². The third-order valence-corrected chi connectivity index (χ3v) is 5.06. The predicted molar refractivity (Wildman–Crippen MR) is 117 cm³/mol. The fraction of sp³-hybridized carbons (Fsp3) is 0.591. The summed E-state index contributed by atoms with van der Waals surface area (Å²) in [6.45, 7) is 11.3. The van der Waals surface area contributed by atoms with Gasteiger partial charge in [-0.1, -0.05) is 39.0 Å². The molecule has 158 valence electrons. The molecule has 0 radical (unpaired) electrons. The zero-order valence-electron chi connectivity index (χ0n) is 18.1. The summed E-state index contributed by atoms with van der Waals surface area (Å²) in [6, 6.07) is 8.53. The maximum absolute atomic E-state index is 5.99. The molecular formula is C22H34N6O. The molecule has 1 unspecified atom stereocenters. The number of hydrogen-bond acceptors (Lipinski definition) is 4. The Morgan fingerprint density at radius 2 is 2.14 bits per heavy atom. The molecule has 0 fully saturated rings. The Morgan fingerprint density at radius 3 is 2.90 bits per heavy atom. The minimum atomic E-state index is 0.300. The van der Waals surface area contributed by atoms with E-state index in [2.05, 4.69) is 60.5 Å². The van der Waals surface area contributed by atoms with Crippen LogP contribution in [-0.2, 0) is 19.4 Å². The topological polar surface area (TPSA) is 76.4 Å². The van der Waals surface area contributed by atoms with Gasteiger partial charge in [0.15, 0.2) is 11.8 Å². The first-order valence-electron chi connectivity index (χ1n) is 10.8. The van der Waals surface area contributed by atoms with Crippen molar-refractivity contribution in [2.45, 2.75) is 65.5 Å². The molecule has 2 heterocycles. The SMILES string of the molecule is CCNC(=NCCOc1ccccc1C(C)C)NC1CCc2nc(CC)nn2C1. The van der Waals surface area contributed by atoms with Crippen molar-refractivity contribution in [3.63, 3.8) is 0 Å². The summed E-state index contributed by atoms with van der Waals surface area (Å²) in [6.07, 6.45) is 2.85. The van der Waals surface area contributed by atoms with Crippen LogP contribution >= 0.6 is 0 Å². The first kappa shape index (κ1) is 21.1. The monoisotopic (exact) mass is 398 g/mol. The highest BCUT2D eigenvalue weighted by molar-refractivity contribution is 5.80. The Labute approximate surface area is 174 Å². The van der Waals surface area contributed by atoms with Gasteiger partial charge in [0.2, 0.25) is 0 Å². The number of nitrogens with one attached hydrogen (secondary N) is 2. The summed E-state index contributed by atoms with van der Waals surface area (Å²) in [5.74, 6) is 4.25. The van der Waals surface area contributed by atoms with Crippen molar-refractivity contribution < 1.29 is 4.74 Å². The van der Waals surface area contributed by atoms with Gasteiger partial charge in [0.1, 0.15) is 18.2 Å². The van der Waals surface area contributed by atoms with Crippen LogP contribution in [0.5, 0.6) is 5.75 Å². The average Bonchev–Trinajstić information content (AvgIpc) is 3.14. The van der Waals surface area contributed by atoms with Crippen LogP contribution in [0.3, 0.4) is 0 Å². The Balaban J connectivity index is 1.54. The maximum Gasteiger partial charge on any atom is 0.191 e. The number of guanidine groups is 1. The summed E-state index contributed by atoms with van der Waals surface area (Å²) in [5, 5.41) is 11.5. The molecule has 1 atom stereocenters. The van der Waals surface area contributed by atoms with Crippen LogP contribution in [0.1, 0.15) is 57.2 Å². The molecule has 7 nitrogen and oxygen atoms in total. The van der Waals surface area contributed by atoms with E-state index in [9.17, 15) is 0 Å². The van der Waals surface area contributed by atoms with E-state index < -0.39 is 0 Å². The van der Waals surface area contributed by atoms with E-state index in [0.29, 0.717) is 25.1 Å². The van der Waals surface area contributed by atoms with Gasteiger partial charge in [-0.25, -0.2) is 14.7 Å². The summed E-state index contributed by atoms with van der Waals surface area (Å²) in [7, 11) is 0. The van der Waals surface area contributed by atoms with E-state index in [1.807, 2.05) is 16.8 Å². The zero-order valence-corrected chi connectivity index (χ0v) is 18.1. The van der Waals surface area contributed by atoms with Crippen LogP contribution in [0.15, 0.2) is 29.3 Å². The van der Waals surface area contributed by atoms with Crippen LogP contribution in [-0.4, -0.2) is 46.5 Å².